The molecule has 0 aromatic rings. The van der Waals surface area contributed by atoms with Gasteiger partial charge in [0.2, 0.25) is 0 Å². The molecule has 3 nitrogen and oxygen atoms in total. The summed E-state index contributed by atoms with van der Waals surface area (Å²) in [5.74, 6) is -0.0719. The summed E-state index contributed by atoms with van der Waals surface area (Å²) in [6.07, 6.45) is 3.51. The summed E-state index contributed by atoms with van der Waals surface area (Å²) in [7, 11) is -1.73. The maximum absolute atomic E-state index is 11.5. The van der Waals surface area contributed by atoms with Gasteiger partial charge in [-0.3, -0.25) is 4.79 Å². The highest BCUT2D eigenvalue weighted by Gasteiger charge is 2.46. The number of carbonyl (C=O) groups is 1. The van der Waals surface area contributed by atoms with Gasteiger partial charge in [0.1, 0.15) is 6.10 Å². The minimum absolute atomic E-state index is 0.0238. The Labute approximate surface area is 117 Å². The fourth-order valence-corrected chi connectivity index (χ4v) is 3.50. The molecule has 0 aromatic heterocycles. The van der Waals surface area contributed by atoms with E-state index in [0.717, 1.165) is 6.42 Å². The van der Waals surface area contributed by atoms with Crippen LogP contribution in [0, 0.1) is 5.41 Å². The number of carbonyl (C=O) groups excluding carboxylic acids is 1. The standard InChI is InChI=1S/C15H26O3Si/c1-14(2,3)19(5,6)17-10-11-7-12-8-15(11,4)9-13(16)18-12/h7,12H,8-10H2,1-6H3/t12-,15+/m1/s1. The molecule has 4 heteroatoms. The Balaban J connectivity index is 2.05. The zero-order valence-electron chi connectivity index (χ0n) is 13.0. The number of hydrogen-bond acceptors (Lipinski definition) is 3. The second-order valence-corrected chi connectivity index (χ2v) is 12.5. The van der Waals surface area contributed by atoms with Gasteiger partial charge in [-0.15, -0.1) is 0 Å². The monoisotopic (exact) mass is 282 g/mol. The Hall–Kier alpha value is -0.613. The highest BCUT2D eigenvalue weighted by atomic mass is 28.4. The highest BCUT2D eigenvalue weighted by Crippen LogP contribution is 2.47. The molecule has 1 heterocycles. The lowest BCUT2D eigenvalue weighted by atomic mass is 9.79. The van der Waals surface area contributed by atoms with E-state index in [0.29, 0.717) is 13.0 Å². The highest BCUT2D eigenvalue weighted by molar-refractivity contribution is 6.74. The third-order valence-electron chi connectivity index (χ3n) is 5.03. The van der Waals surface area contributed by atoms with E-state index in [1.54, 1.807) is 0 Å². The van der Waals surface area contributed by atoms with E-state index in [2.05, 4.69) is 46.9 Å². The summed E-state index contributed by atoms with van der Waals surface area (Å²) in [5.41, 5.74) is 1.22. The minimum Gasteiger partial charge on any atom is -0.458 e. The van der Waals surface area contributed by atoms with Crippen LogP contribution in [0.5, 0.6) is 0 Å². The van der Waals surface area contributed by atoms with Crippen LogP contribution in [0.1, 0.15) is 40.5 Å². The van der Waals surface area contributed by atoms with Crippen LogP contribution < -0.4 is 0 Å². The van der Waals surface area contributed by atoms with Crippen LogP contribution in [0.2, 0.25) is 18.1 Å². The topological polar surface area (TPSA) is 35.5 Å². The molecule has 0 unspecified atom stereocenters. The van der Waals surface area contributed by atoms with Crippen molar-refractivity contribution in [2.75, 3.05) is 6.61 Å². The van der Waals surface area contributed by atoms with Gasteiger partial charge in [0, 0.05) is 5.41 Å². The minimum atomic E-state index is -1.73. The molecule has 2 bridgehead atoms. The van der Waals surface area contributed by atoms with Crippen molar-refractivity contribution in [1.29, 1.82) is 0 Å². The van der Waals surface area contributed by atoms with Crippen LogP contribution in [0.15, 0.2) is 11.6 Å². The first kappa shape index (κ1) is 14.8. The van der Waals surface area contributed by atoms with Gasteiger partial charge in [-0.2, -0.15) is 0 Å². The maximum atomic E-state index is 11.5. The van der Waals surface area contributed by atoms with E-state index in [9.17, 15) is 4.79 Å². The third kappa shape index (κ3) is 2.79. The van der Waals surface area contributed by atoms with E-state index in [1.165, 1.54) is 5.57 Å². The molecule has 108 valence electrons. The van der Waals surface area contributed by atoms with Crippen LogP contribution in [0.3, 0.4) is 0 Å². The predicted octanol–water partition coefficient (Wildman–Crippen LogP) is 3.66. The molecule has 0 saturated carbocycles. The molecule has 1 aliphatic carbocycles. The average molecular weight is 282 g/mol. The number of ether oxygens (including phenoxy) is 1. The molecule has 1 fully saturated rings. The summed E-state index contributed by atoms with van der Waals surface area (Å²) in [6, 6.07) is 0. The van der Waals surface area contributed by atoms with Gasteiger partial charge in [-0.05, 0) is 36.2 Å². The van der Waals surface area contributed by atoms with Crippen molar-refractivity contribution in [3.05, 3.63) is 11.6 Å². The van der Waals surface area contributed by atoms with E-state index in [4.69, 9.17) is 9.16 Å². The quantitative estimate of drug-likeness (QED) is 0.450. The third-order valence-corrected chi connectivity index (χ3v) is 9.50. The van der Waals surface area contributed by atoms with Crippen LogP contribution in [-0.2, 0) is 14.0 Å². The fourth-order valence-electron chi connectivity index (χ4n) is 2.55. The second-order valence-electron chi connectivity index (χ2n) is 7.71. The van der Waals surface area contributed by atoms with Crippen molar-refractivity contribution < 1.29 is 14.0 Å². The molecule has 0 amide bonds. The van der Waals surface area contributed by atoms with Crippen LogP contribution in [0.4, 0.5) is 0 Å². The molecular weight excluding hydrogens is 256 g/mol. The van der Waals surface area contributed by atoms with Gasteiger partial charge in [-0.25, -0.2) is 0 Å². The zero-order valence-corrected chi connectivity index (χ0v) is 14.0. The van der Waals surface area contributed by atoms with Gasteiger partial charge in [0.05, 0.1) is 13.0 Å². The van der Waals surface area contributed by atoms with Crippen molar-refractivity contribution in [2.45, 2.75) is 64.8 Å². The summed E-state index contributed by atoms with van der Waals surface area (Å²) < 4.78 is 11.6. The van der Waals surface area contributed by atoms with Crippen molar-refractivity contribution in [3.8, 4) is 0 Å². The molecule has 0 N–H and O–H groups in total. The Morgan fingerprint density at radius 2 is 2.11 bits per heavy atom. The fraction of sp³-hybridized carbons (Fsp3) is 0.800. The molecule has 0 spiro atoms. The number of rotatable bonds is 3. The average Bonchev–Trinajstić information content (AvgIpc) is 2.43. The van der Waals surface area contributed by atoms with Gasteiger partial charge in [0.15, 0.2) is 8.32 Å². The molecule has 0 radical (unpaired) electrons. The van der Waals surface area contributed by atoms with Crippen LogP contribution in [-0.4, -0.2) is 27.0 Å². The number of fused-ring (bicyclic) bond motifs is 2. The number of esters is 1. The zero-order chi connectivity index (χ0) is 14.5. The Morgan fingerprint density at radius 1 is 1.47 bits per heavy atom. The van der Waals surface area contributed by atoms with Crippen LogP contribution in [0.25, 0.3) is 0 Å². The van der Waals surface area contributed by atoms with Crippen molar-refractivity contribution in [3.63, 3.8) is 0 Å². The van der Waals surface area contributed by atoms with Crippen molar-refractivity contribution in [2.24, 2.45) is 5.41 Å². The molecule has 1 aliphatic heterocycles. The molecule has 2 rings (SSSR count). The lowest BCUT2D eigenvalue weighted by Gasteiger charge is -2.38. The molecule has 1 saturated heterocycles. The lowest BCUT2D eigenvalue weighted by molar-refractivity contribution is -0.154. The van der Waals surface area contributed by atoms with Gasteiger partial charge in [0.25, 0.3) is 0 Å². The second kappa shape index (κ2) is 4.45. The first-order chi connectivity index (χ1) is 8.53. The van der Waals surface area contributed by atoms with E-state index >= 15 is 0 Å². The molecular formula is C15H26O3Si. The largest absolute Gasteiger partial charge is 0.458 e. The first-order valence-electron chi connectivity index (χ1n) is 7.08. The van der Waals surface area contributed by atoms with Crippen molar-refractivity contribution >= 4 is 14.3 Å². The van der Waals surface area contributed by atoms with E-state index < -0.39 is 8.32 Å². The SMILES string of the molecule is CC(C)(C)[Si](C)(C)OCC1=C[C@@H]2C[C@@]1(C)CC(=O)O2. The summed E-state index contributed by atoms with van der Waals surface area (Å²) in [6.45, 7) is 14.1. The predicted molar refractivity (Wildman–Crippen MR) is 78.5 cm³/mol. The Morgan fingerprint density at radius 3 is 2.68 bits per heavy atom. The van der Waals surface area contributed by atoms with Gasteiger partial charge < -0.3 is 9.16 Å². The maximum Gasteiger partial charge on any atom is 0.307 e. The normalized spacial score (nSPS) is 31.2. The molecule has 19 heavy (non-hydrogen) atoms. The first-order valence-corrected chi connectivity index (χ1v) is 9.99. The smallest absolute Gasteiger partial charge is 0.307 e. The summed E-state index contributed by atoms with van der Waals surface area (Å²) in [5, 5.41) is 0.217. The van der Waals surface area contributed by atoms with Crippen molar-refractivity contribution in [1.82, 2.24) is 0 Å². The summed E-state index contributed by atoms with van der Waals surface area (Å²) >= 11 is 0. The summed E-state index contributed by atoms with van der Waals surface area (Å²) in [4.78, 5) is 11.5. The Kier molecular flexibility index (Phi) is 3.46. The molecule has 2 atom stereocenters. The van der Waals surface area contributed by atoms with Gasteiger partial charge in [-0.1, -0.05) is 27.7 Å². The Bertz CT molecular complexity index is 420. The van der Waals surface area contributed by atoms with E-state index in [1.807, 2.05) is 0 Å². The molecule has 2 aliphatic rings. The van der Waals surface area contributed by atoms with Crippen LogP contribution >= 0.6 is 0 Å². The lowest BCUT2D eigenvalue weighted by Crippen LogP contribution is -2.42. The van der Waals surface area contributed by atoms with E-state index in [-0.39, 0.29) is 22.5 Å². The number of hydrogen-bond donors (Lipinski definition) is 0. The van der Waals surface area contributed by atoms with Gasteiger partial charge >= 0.3 is 5.97 Å². The molecule has 0 aromatic carbocycles.